The molecule has 1 N–H and O–H groups in total. The van der Waals surface area contributed by atoms with Crippen LogP contribution in [0.5, 0.6) is 0 Å². The van der Waals surface area contributed by atoms with Gasteiger partial charge in [0.25, 0.3) is 0 Å². The van der Waals surface area contributed by atoms with Crippen LogP contribution >= 0.6 is 0 Å². The Balaban J connectivity index is 2.88. The minimum Gasteiger partial charge on any atom is -0.388 e. The van der Waals surface area contributed by atoms with Crippen molar-refractivity contribution in [3.8, 4) is 0 Å². The van der Waals surface area contributed by atoms with Gasteiger partial charge in [0.2, 0.25) is 0 Å². The maximum atomic E-state index is 9.72. The summed E-state index contributed by atoms with van der Waals surface area (Å²) < 4.78 is 0. The fraction of sp³-hybridized carbons (Fsp3) is 0.455. The van der Waals surface area contributed by atoms with Crippen LogP contribution in [0.1, 0.15) is 31.1 Å². The molecule has 0 aromatic heterocycles. The Morgan fingerprint density at radius 1 is 1.25 bits per heavy atom. The zero-order valence-electron chi connectivity index (χ0n) is 7.91. The molecule has 0 amide bonds. The quantitative estimate of drug-likeness (QED) is 0.712. The third-order valence-electron chi connectivity index (χ3n) is 2.02. The van der Waals surface area contributed by atoms with E-state index in [4.69, 9.17) is 0 Å². The second-order valence-corrected chi connectivity index (χ2v) is 3.60. The highest BCUT2D eigenvalue weighted by Gasteiger charge is 2.10. The number of hydrogen-bond acceptors (Lipinski definition) is 1. The standard InChI is InChI=1S/C11H16O/c1-8(2)11(12)10-6-4-5-9(3)7-10/h4-8,11-12H,1-3H3. The van der Waals surface area contributed by atoms with Crippen molar-refractivity contribution in [1.29, 1.82) is 0 Å². The van der Waals surface area contributed by atoms with E-state index in [0.29, 0.717) is 0 Å². The van der Waals surface area contributed by atoms with E-state index in [0.717, 1.165) is 5.56 Å². The Morgan fingerprint density at radius 3 is 2.42 bits per heavy atom. The molecule has 0 saturated heterocycles. The van der Waals surface area contributed by atoms with Crippen molar-refractivity contribution < 1.29 is 5.11 Å². The highest BCUT2D eigenvalue weighted by molar-refractivity contribution is 5.24. The molecule has 1 rings (SSSR count). The van der Waals surface area contributed by atoms with Crippen molar-refractivity contribution in [1.82, 2.24) is 0 Å². The third kappa shape index (κ3) is 2.08. The molecular weight excluding hydrogens is 148 g/mol. The highest BCUT2D eigenvalue weighted by Crippen LogP contribution is 2.21. The van der Waals surface area contributed by atoms with E-state index < -0.39 is 0 Å². The smallest absolute Gasteiger partial charge is 0.0813 e. The van der Waals surface area contributed by atoms with Crippen LogP contribution in [0.2, 0.25) is 0 Å². The van der Waals surface area contributed by atoms with E-state index in [1.165, 1.54) is 5.56 Å². The van der Waals surface area contributed by atoms with Gasteiger partial charge in [-0.3, -0.25) is 0 Å². The number of rotatable bonds is 2. The van der Waals surface area contributed by atoms with Gasteiger partial charge in [-0.25, -0.2) is 0 Å². The molecule has 0 aliphatic rings. The van der Waals surface area contributed by atoms with E-state index in [-0.39, 0.29) is 12.0 Å². The molecule has 0 radical (unpaired) electrons. The van der Waals surface area contributed by atoms with Gasteiger partial charge in [0.05, 0.1) is 6.10 Å². The van der Waals surface area contributed by atoms with Gasteiger partial charge in [-0.1, -0.05) is 43.7 Å². The molecule has 12 heavy (non-hydrogen) atoms. The first-order valence-corrected chi connectivity index (χ1v) is 4.36. The van der Waals surface area contributed by atoms with Crippen molar-refractivity contribution in [2.75, 3.05) is 0 Å². The van der Waals surface area contributed by atoms with Crippen LogP contribution in [-0.4, -0.2) is 5.11 Å². The molecule has 1 unspecified atom stereocenters. The molecular formula is C11H16O. The molecule has 0 heterocycles. The maximum Gasteiger partial charge on any atom is 0.0813 e. The second-order valence-electron chi connectivity index (χ2n) is 3.60. The predicted octanol–water partition coefficient (Wildman–Crippen LogP) is 2.68. The van der Waals surface area contributed by atoms with Crippen LogP contribution in [0.3, 0.4) is 0 Å². The highest BCUT2D eigenvalue weighted by atomic mass is 16.3. The predicted molar refractivity (Wildman–Crippen MR) is 51.0 cm³/mol. The topological polar surface area (TPSA) is 20.2 Å². The van der Waals surface area contributed by atoms with Crippen LogP contribution in [0, 0.1) is 12.8 Å². The summed E-state index contributed by atoms with van der Waals surface area (Å²) in [6.45, 7) is 6.08. The SMILES string of the molecule is Cc1cccc(C(O)C(C)C)c1. The summed E-state index contributed by atoms with van der Waals surface area (Å²) in [6.07, 6.45) is -0.329. The van der Waals surface area contributed by atoms with Gasteiger partial charge in [-0.05, 0) is 18.4 Å². The van der Waals surface area contributed by atoms with Crippen molar-refractivity contribution in [3.63, 3.8) is 0 Å². The minimum atomic E-state index is -0.329. The van der Waals surface area contributed by atoms with Crippen molar-refractivity contribution in [2.45, 2.75) is 26.9 Å². The molecule has 0 aliphatic heterocycles. The maximum absolute atomic E-state index is 9.72. The molecule has 1 atom stereocenters. The molecule has 0 aliphatic carbocycles. The summed E-state index contributed by atoms with van der Waals surface area (Å²) in [5.41, 5.74) is 2.22. The largest absolute Gasteiger partial charge is 0.388 e. The summed E-state index contributed by atoms with van der Waals surface area (Å²) in [7, 11) is 0. The summed E-state index contributed by atoms with van der Waals surface area (Å²) in [5.74, 6) is 0.284. The molecule has 66 valence electrons. The zero-order valence-corrected chi connectivity index (χ0v) is 7.91. The van der Waals surface area contributed by atoms with Crippen LogP contribution in [0.25, 0.3) is 0 Å². The number of aliphatic hydroxyl groups is 1. The molecule has 1 aromatic rings. The van der Waals surface area contributed by atoms with Gasteiger partial charge in [0.15, 0.2) is 0 Å². The minimum absolute atomic E-state index is 0.284. The van der Waals surface area contributed by atoms with Crippen molar-refractivity contribution in [2.24, 2.45) is 5.92 Å². The molecule has 0 fully saturated rings. The van der Waals surface area contributed by atoms with Gasteiger partial charge in [0, 0.05) is 0 Å². The Hall–Kier alpha value is -0.820. The zero-order chi connectivity index (χ0) is 9.14. The lowest BCUT2D eigenvalue weighted by atomic mass is 9.98. The lowest BCUT2D eigenvalue weighted by Gasteiger charge is -2.14. The molecule has 1 nitrogen and oxygen atoms in total. The van der Waals surface area contributed by atoms with Gasteiger partial charge in [-0.2, -0.15) is 0 Å². The summed E-state index contributed by atoms with van der Waals surface area (Å²) >= 11 is 0. The molecule has 1 heteroatoms. The van der Waals surface area contributed by atoms with E-state index in [9.17, 15) is 5.11 Å². The van der Waals surface area contributed by atoms with Gasteiger partial charge in [-0.15, -0.1) is 0 Å². The van der Waals surface area contributed by atoms with E-state index in [1.807, 2.05) is 45.0 Å². The monoisotopic (exact) mass is 164 g/mol. The number of aliphatic hydroxyl groups excluding tert-OH is 1. The molecule has 0 bridgehead atoms. The van der Waals surface area contributed by atoms with Gasteiger partial charge in [0.1, 0.15) is 0 Å². The van der Waals surface area contributed by atoms with Crippen LogP contribution in [0.15, 0.2) is 24.3 Å². The average Bonchev–Trinajstić information content (AvgIpc) is 2.03. The van der Waals surface area contributed by atoms with Crippen LogP contribution in [0.4, 0.5) is 0 Å². The average molecular weight is 164 g/mol. The number of benzene rings is 1. The van der Waals surface area contributed by atoms with Crippen molar-refractivity contribution >= 4 is 0 Å². The lowest BCUT2D eigenvalue weighted by molar-refractivity contribution is 0.127. The number of hydrogen-bond donors (Lipinski definition) is 1. The first kappa shape index (κ1) is 9.27. The van der Waals surface area contributed by atoms with E-state index in [2.05, 4.69) is 0 Å². The number of aryl methyl sites for hydroxylation is 1. The summed E-state index contributed by atoms with van der Waals surface area (Å²) in [6, 6.07) is 8.02. The molecule has 0 saturated carbocycles. The van der Waals surface area contributed by atoms with Crippen LogP contribution in [-0.2, 0) is 0 Å². The van der Waals surface area contributed by atoms with Crippen molar-refractivity contribution in [3.05, 3.63) is 35.4 Å². The van der Waals surface area contributed by atoms with E-state index in [1.54, 1.807) is 0 Å². The Morgan fingerprint density at radius 2 is 1.92 bits per heavy atom. The Kier molecular flexibility index (Phi) is 2.88. The van der Waals surface area contributed by atoms with Gasteiger partial charge >= 0.3 is 0 Å². The molecule has 0 spiro atoms. The molecule has 1 aromatic carbocycles. The Bertz CT molecular complexity index is 253. The lowest BCUT2D eigenvalue weighted by Crippen LogP contribution is -2.05. The second kappa shape index (κ2) is 3.72. The first-order chi connectivity index (χ1) is 5.61. The summed E-state index contributed by atoms with van der Waals surface area (Å²) in [4.78, 5) is 0. The van der Waals surface area contributed by atoms with Crippen LogP contribution < -0.4 is 0 Å². The fourth-order valence-corrected chi connectivity index (χ4v) is 1.24. The Labute approximate surface area is 74.1 Å². The first-order valence-electron chi connectivity index (χ1n) is 4.36. The summed E-state index contributed by atoms with van der Waals surface area (Å²) in [5, 5.41) is 9.72. The normalized spacial score (nSPS) is 13.4. The van der Waals surface area contributed by atoms with E-state index >= 15 is 0 Å². The fourth-order valence-electron chi connectivity index (χ4n) is 1.24. The van der Waals surface area contributed by atoms with Gasteiger partial charge < -0.3 is 5.11 Å². The third-order valence-corrected chi connectivity index (χ3v) is 2.02.